The fourth-order valence-electron chi connectivity index (χ4n) is 5.82. The molecule has 3 aromatic heterocycles. The number of carbonyl (C=O) groups is 1. The molecule has 0 saturated carbocycles. The minimum Gasteiger partial charge on any atom is -0.382 e. The van der Waals surface area contributed by atoms with Crippen LogP contribution in [0.4, 0.5) is 20.4 Å². The van der Waals surface area contributed by atoms with E-state index in [4.69, 9.17) is 53.2 Å². The lowest BCUT2D eigenvalue weighted by molar-refractivity contribution is -0.0596. The zero-order valence-corrected chi connectivity index (χ0v) is 25.5. The summed E-state index contributed by atoms with van der Waals surface area (Å²) in [5.74, 6) is -1.36. The van der Waals surface area contributed by atoms with E-state index < -0.39 is 88.9 Å². The third-order valence-electron chi connectivity index (χ3n) is 7.86. The number of nitrogen functional groups attached to an aromatic ring is 1. The summed E-state index contributed by atoms with van der Waals surface area (Å²) in [5.41, 5.74) is 5.89. The lowest BCUT2D eigenvalue weighted by atomic mass is 10.1. The first-order valence-corrected chi connectivity index (χ1v) is 16.9. The first-order valence-electron chi connectivity index (χ1n) is 13.7. The number of aromatic nitrogens is 5. The van der Waals surface area contributed by atoms with Crippen LogP contribution in [-0.2, 0) is 41.4 Å². The van der Waals surface area contributed by atoms with Crippen molar-refractivity contribution >= 4 is 64.9 Å². The molecule has 46 heavy (non-hydrogen) atoms. The number of alkyl halides is 1. The molecular weight excluding hydrogens is 656 g/mol. The van der Waals surface area contributed by atoms with Gasteiger partial charge in [-0.15, -0.1) is 0 Å². The molecule has 7 heterocycles. The van der Waals surface area contributed by atoms with Gasteiger partial charge in [0.25, 0.3) is 14.9 Å². The van der Waals surface area contributed by atoms with Crippen molar-refractivity contribution in [1.29, 1.82) is 0 Å². The summed E-state index contributed by atoms with van der Waals surface area (Å²) in [6, 6.07) is 0. The van der Waals surface area contributed by atoms with Crippen LogP contribution in [0.1, 0.15) is 29.2 Å². The van der Waals surface area contributed by atoms with Gasteiger partial charge in [0.05, 0.1) is 25.1 Å². The highest BCUT2D eigenvalue weighted by atomic mass is 31.2. The third-order valence-corrected chi connectivity index (χ3v) is 9.96. The van der Waals surface area contributed by atoms with E-state index >= 15 is 4.39 Å². The van der Waals surface area contributed by atoms with Crippen LogP contribution in [0, 0.1) is 5.82 Å². The Morgan fingerprint density at radius 2 is 1.70 bits per heavy atom. The van der Waals surface area contributed by atoms with Crippen molar-refractivity contribution in [2.24, 2.45) is 4.99 Å². The Hall–Kier alpha value is -2.86. The zero-order chi connectivity index (χ0) is 32.5. The topological polar surface area (TPSA) is 203 Å². The number of nitrogens with two attached hydrogens (primary N) is 1. The molecule has 0 bridgehead atoms. The molecule has 7 rings (SSSR count). The number of aliphatic imine (C=N–C) groups is 1. The highest BCUT2D eigenvalue weighted by molar-refractivity contribution is 7.79. The normalized spacial score (nSPS) is 38.2. The van der Waals surface area contributed by atoms with Crippen molar-refractivity contribution in [1.82, 2.24) is 24.1 Å². The Labute approximate surface area is 260 Å². The number of fused-ring (bicyclic) bond motifs is 4. The van der Waals surface area contributed by atoms with Gasteiger partial charge in [-0.05, 0) is 0 Å². The van der Waals surface area contributed by atoms with E-state index in [-0.39, 0.29) is 34.8 Å². The number of ketones is 1. The molecule has 240 valence electrons. The number of Topliss-reactive ketones (excluding diaryl/α,β-unsaturated/α-hetero) is 1. The van der Waals surface area contributed by atoms with E-state index in [1.54, 1.807) is 0 Å². The SMILES string of the molecule is [B]P1(=O)OC[C@H]2O[C@@H](n3cnc4c(N)ncnc43)C(F)[C@H]2OP([B])(=O)OC[C@H]2O[C@@H](n3cc(F)c4c3N=CCC4=O)[C@@H](OC)C2O1. The highest BCUT2D eigenvalue weighted by Gasteiger charge is 2.54. The van der Waals surface area contributed by atoms with Crippen molar-refractivity contribution in [3.8, 4) is 0 Å². The van der Waals surface area contributed by atoms with E-state index in [1.807, 2.05) is 0 Å². The first-order chi connectivity index (χ1) is 21.9. The van der Waals surface area contributed by atoms with Gasteiger partial charge in [-0.25, -0.2) is 28.7 Å². The second kappa shape index (κ2) is 11.7. The summed E-state index contributed by atoms with van der Waals surface area (Å²) in [5, 5.41) is 0. The Balaban J connectivity index is 1.18. The maximum Gasteiger partial charge on any atom is 0.264 e. The predicted molar refractivity (Wildman–Crippen MR) is 153 cm³/mol. The summed E-state index contributed by atoms with van der Waals surface area (Å²) in [6.45, 7) is -1.34. The molecule has 3 saturated heterocycles. The maximum absolute atomic E-state index is 16.0. The average Bonchev–Trinajstić information content (AvgIpc) is 3.74. The second-order valence-corrected chi connectivity index (χ2v) is 13.8. The number of carbonyl (C=O) groups excluding carboxylic acids is 1. The largest absolute Gasteiger partial charge is 0.382 e. The smallest absolute Gasteiger partial charge is 0.264 e. The molecule has 3 aromatic rings. The van der Waals surface area contributed by atoms with Crippen LogP contribution < -0.4 is 5.73 Å². The summed E-state index contributed by atoms with van der Waals surface area (Å²) >= 11 is 0. The lowest BCUT2D eigenvalue weighted by Crippen LogP contribution is -2.39. The van der Waals surface area contributed by atoms with Crippen molar-refractivity contribution in [2.75, 3.05) is 26.1 Å². The summed E-state index contributed by atoms with van der Waals surface area (Å²) in [4.78, 5) is 28.5. The van der Waals surface area contributed by atoms with Gasteiger partial charge < -0.3 is 42.6 Å². The monoisotopic (exact) mass is 679 g/mol. The zero-order valence-electron chi connectivity index (χ0n) is 23.7. The molecule has 4 unspecified atom stereocenters. The predicted octanol–water partition coefficient (Wildman–Crippen LogP) is 1.86. The Kier molecular flexibility index (Phi) is 8.06. The van der Waals surface area contributed by atoms with E-state index in [1.165, 1.54) is 28.8 Å². The van der Waals surface area contributed by atoms with Crippen LogP contribution in [0.15, 0.2) is 23.8 Å². The molecule has 0 amide bonds. The molecule has 4 aliphatic rings. The Bertz CT molecular complexity index is 1830. The van der Waals surface area contributed by atoms with E-state index in [2.05, 4.69) is 19.9 Å². The minimum atomic E-state index is -4.59. The second-order valence-electron chi connectivity index (χ2n) is 10.7. The van der Waals surface area contributed by atoms with Crippen LogP contribution in [-0.4, -0.2) is 108 Å². The summed E-state index contributed by atoms with van der Waals surface area (Å²) in [7, 11) is 3.98. The van der Waals surface area contributed by atoms with Crippen molar-refractivity contribution in [3.05, 3.63) is 30.2 Å². The number of hydrogen-bond donors (Lipinski definition) is 1. The van der Waals surface area contributed by atoms with Gasteiger partial charge in [0, 0.05) is 25.9 Å². The standard InChI is InChI=1S/C23H23B2F2N7O10P2/c1-38-18-17-12(42-23(18)33-4-9(26)13-10(35)2-3-29-20(13)33)6-40-45(24,36)43-16-11(5-39-46(25,37)44-17)41-22(14(16)27)34-8-32-15-19(28)30-7-31-21(15)34/h3-4,7-8,11-12,14,16-18,22-23H,2,5-6H2,1H3,(H2,28,30,31)/t11-,12-,14?,16+,17?,18+,22-,23-,45?,46?/m1/s1. The molecule has 0 aromatic carbocycles. The van der Waals surface area contributed by atoms with E-state index in [9.17, 15) is 18.3 Å². The number of imidazole rings is 1. The number of anilines is 1. The maximum atomic E-state index is 16.0. The van der Waals surface area contributed by atoms with Gasteiger partial charge >= 0.3 is 0 Å². The van der Waals surface area contributed by atoms with Gasteiger partial charge in [-0.2, -0.15) is 0 Å². The van der Waals surface area contributed by atoms with Crippen LogP contribution in [0.3, 0.4) is 0 Å². The summed E-state index contributed by atoms with van der Waals surface area (Å²) < 4.78 is 99.4. The molecule has 0 spiro atoms. The number of nitrogens with zero attached hydrogens (tertiary/aromatic N) is 6. The van der Waals surface area contributed by atoms with Gasteiger partial charge in [-0.1, -0.05) is 0 Å². The minimum absolute atomic E-state index is 0.0386. The third kappa shape index (κ3) is 5.46. The van der Waals surface area contributed by atoms with Gasteiger partial charge in [0.2, 0.25) is 15.1 Å². The summed E-state index contributed by atoms with van der Waals surface area (Å²) in [6.07, 6.45) is -7.13. The fraction of sp³-hybridized carbons (Fsp3) is 0.522. The lowest BCUT2D eigenvalue weighted by Gasteiger charge is -2.30. The van der Waals surface area contributed by atoms with Crippen LogP contribution in [0.5, 0.6) is 0 Å². The molecule has 0 aliphatic carbocycles. The van der Waals surface area contributed by atoms with Crippen LogP contribution in [0.2, 0.25) is 0 Å². The van der Waals surface area contributed by atoms with Crippen molar-refractivity contribution in [2.45, 2.75) is 55.6 Å². The molecule has 4 aliphatic heterocycles. The molecule has 4 radical (unpaired) electrons. The number of methoxy groups -OCH3 is 1. The number of rotatable bonds is 3. The van der Waals surface area contributed by atoms with Crippen LogP contribution in [0.25, 0.3) is 11.2 Å². The van der Waals surface area contributed by atoms with Crippen LogP contribution >= 0.6 is 14.9 Å². The van der Waals surface area contributed by atoms with E-state index in [0.717, 1.165) is 12.5 Å². The van der Waals surface area contributed by atoms with Gasteiger partial charge in [0.1, 0.15) is 48.2 Å². The Morgan fingerprint density at radius 1 is 1.02 bits per heavy atom. The quantitative estimate of drug-likeness (QED) is 0.310. The number of hydrogen-bond acceptors (Lipinski definition) is 15. The number of ether oxygens (including phenoxy) is 3. The highest BCUT2D eigenvalue weighted by Crippen LogP contribution is 2.54. The molecular formula is C23H23B2F2N7O10P2. The first kappa shape index (κ1) is 31.7. The van der Waals surface area contributed by atoms with Gasteiger partial charge in [-0.3, -0.25) is 18.5 Å². The molecule has 3 fully saturated rings. The fourth-order valence-corrected chi connectivity index (χ4v) is 7.83. The van der Waals surface area contributed by atoms with Gasteiger partial charge in [0.15, 0.2) is 41.7 Å². The van der Waals surface area contributed by atoms with Crippen molar-refractivity contribution in [3.63, 3.8) is 0 Å². The molecule has 17 nitrogen and oxygen atoms in total. The molecule has 2 N–H and O–H groups in total. The molecule has 10 atom stereocenters. The average molecular weight is 679 g/mol. The number of halogens is 2. The molecule has 23 heteroatoms. The van der Waals surface area contributed by atoms with Crippen molar-refractivity contribution < 1.29 is 55.0 Å². The van der Waals surface area contributed by atoms with E-state index in [0.29, 0.717) is 0 Å². The Morgan fingerprint density at radius 3 is 2.41 bits per heavy atom.